The van der Waals surface area contributed by atoms with Gasteiger partial charge in [0.25, 0.3) is 0 Å². The molecular formula is C4H7NZr. The second-order valence-corrected chi connectivity index (χ2v) is 0.908. The van der Waals surface area contributed by atoms with E-state index < -0.39 is 0 Å². The van der Waals surface area contributed by atoms with E-state index >= 15 is 0 Å². The van der Waals surface area contributed by atoms with Gasteiger partial charge in [-0.3, -0.25) is 0 Å². The molecule has 0 bridgehead atoms. The number of rotatable bonds is 1. The molecule has 0 heterocycles. The Kier molecular flexibility index (Phi) is 14.5. The molecule has 0 radical (unpaired) electrons. The average molecular weight is 160 g/mol. The first-order valence-electron chi connectivity index (χ1n) is 1.78. The summed E-state index contributed by atoms with van der Waals surface area (Å²) in [6, 6.07) is 2.02. The van der Waals surface area contributed by atoms with Crippen molar-refractivity contribution in [3.05, 3.63) is 0 Å². The SMILES string of the molecule is CCCC#N.[Zr]. The van der Waals surface area contributed by atoms with Crippen LogP contribution in [0.25, 0.3) is 0 Å². The first-order valence-corrected chi connectivity index (χ1v) is 1.78. The Morgan fingerprint density at radius 1 is 1.67 bits per heavy atom. The number of nitriles is 1. The minimum absolute atomic E-state index is 0. The summed E-state index contributed by atoms with van der Waals surface area (Å²) in [6.07, 6.45) is 1.68. The maximum absolute atomic E-state index is 7.82. The van der Waals surface area contributed by atoms with Gasteiger partial charge in [-0.05, 0) is 6.42 Å². The minimum atomic E-state index is 0. The minimum Gasteiger partial charge on any atom is -0.198 e. The molecule has 0 aromatic heterocycles. The zero-order chi connectivity index (χ0) is 4.12. The van der Waals surface area contributed by atoms with E-state index in [4.69, 9.17) is 5.26 Å². The molecule has 0 aliphatic carbocycles. The molecule has 0 spiro atoms. The second-order valence-electron chi connectivity index (χ2n) is 0.908. The third kappa shape index (κ3) is 8.84. The summed E-state index contributed by atoms with van der Waals surface area (Å²) in [7, 11) is 0. The molecule has 0 unspecified atom stereocenters. The third-order valence-corrected chi connectivity index (χ3v) is 0.362. The second kappa shape index (κ2) is 9.03. The fourth-order valence-corrected chi connectivity index (χ4v) is 0.112. The van der Waals surface area contributed by atoms with Gasteiger partial charge in [-0.15, -0.1) is 0 Å². The van der Waals surface area contributed by atoms with Crippen molar-refractivity contribution in [1.29, 1.82) is 5.26 Å². The molecule has 0 amide bonds. The van der Waals surface area contributed by atoms with Gasteiger partial charge in [0.15, 0.2) is 0 Å². The Morgan fingerprint density at radius 2 is 2.17 bits per heavy atom. The molecule has 0 rings (SSSR count). The molecule has 0 fully saturated rings. The molecule has 0 atom stereocenters. The smallest absolute Gasteiger partial charge is 0.0621 e. The van der Waals surface area contributed by atoms with Gasteiger partial charge in [-0.1, -0.05) is 6.92 Å². The zero-order valence-electron chi connectivity index (χ0n) is 3.86. The number of unbranched alkanes of at least 4 members (excludes halogenated alkanes) is 1. The van der Waals surface area contributed by atoms with Crippen LogP contribution in [0.3, 0.4) is 0 Å². The molecule has 0 saturated carbocycles. The van der Waals surface area contributed by atoms with E-state index in [2.05, 4.69) is 0 Å². The predicted molar refractivity (Wildman–Crippen MR) is 20.5 cm³/mol. The standard InChI is InChI=1S/C4H7N.Zr/c1-2-3-4-5;/h2-3H2,1H3;. The third-order valence-electron chi connectivity index (χ3n) is 0.362. The van der Waals surface area contributed by atoms with Crippen LogP contribution >= 0.6 is 0 Å². The normalized spacial score (nSPS) is 5.33. The van der Waals surface area contributed by atoms with Crippen LogP contribution in [0.2, 0.25) is 0 Å². The van der Waals surface area contributed by atoms with Gasteiger partial charge >= 0.3 is 0 Å². The summed E-state index contributed by atoms with van der Waals surface area (Å²) in [6.45, 7) is 1.99. The topological polar surface area (TPSA) is 23.8 Å². The Morgan fingerprint density at radius 3 is 2.17 bits per heavy atom. The summed E-state index contributed by atoms with van der Waals surface area (Å²) in [4.78, 5) is 0. The summed E-state index contributed by atoms with van der Waals surface area (Å²) in [5.41, 5.74) is 0. The first-order chi connectivity index (χ1) is 2.41. The van der Waals surface area contributed by atoms with Crippen molar-refractivity contribution in [1.82, 2.24) is 0 Å². The number of hydrogen-bond donors (Lipinski definition) is 0. The van der Waals surface area contributed by atoms with Gasteiger partial charge in [0, 0.05) is 32.6 Å². The van der Waals surface area contributed by atoms with Crippen molar-refractivity contribution in [2.45, 2.75) is 19.8 Å². The van der Waals surface area contributed by atoms with E-state index in [-0.39, 0.29) is 26.2 Å². The van der Waals surface area contributed by atoms with Crippen molar-refractivity contribution < 1.29 is 26.2 Å². The Labute approximate surface area is 57.5 Å². The van der Waals surface area contributed by atoms with Crippen molar-refractivity contribution >= 4 is 0 Å². The number of nitrogens with zero attached hydrogens (tertiary/aromatic N) is 1. The molecule has 1 nitrogen and oxygen atoms in total. The van der Waals surface area contributed by atoms with E-state index in [1.165, 1.54) is 0 Å². The predicted octanol–water partition coefficient (Wildman–Crippen LogP) is 1.31. The fraction of sp³-hybridized carbons (Fsp3) is 0.750. The van der Waals surface area contributed by atoms with Gasteiger partial charge in [0.05, 0.1) is 6.07 Å². The Hall–Kier alpha value is 0.373. The first kappa shape index (κ1) is 9.62. The maximum Gasteiger partial charge on any atom is 0.0621 e. The fourth-order valence-electron chi connectivity index (χ4n) is 0.112. The molecule has 0 aliphatic heterocycles. The van der Waals surface area contributed by atoms with E-state index in [1.54, 1.807) is 0 Å². The molecule has 32 valence electrons. The largest absolute Gasteiger partial charge is 0.198 e. The molecule has 0 aromatic carbocycles. The molecule has 0 N–H and O–H groups in total. The molecule has 6 heavy (non-hydrogen) atoms. The van der Waals surface area contributed by atoms with Gasteiger partial charge in [-0.25, -0.2) is 0 Å². The summed E-state index contributed by atoms with van der Waals surface area (Å²) in [5, 5.41) is 7.82. The van der Waals surface area contributed by atoms with Gasteiger partial charge in [0.2, 0.25) is 0 Å². The van der Waals surface area contributed by atoms with Gasteiger partial charge in [0.1, 0.15) is 0 Å². The van der Waals surface area contributed by atoms with Crippen LogP contribution < -0.4 is 0 Å². The molecule has 0 aliphatic rings. The molecule has 2 heteroatoms. The van der Waals surface area contributed by atoms with E-state index in [0.717, 1.165) is 6.42 Å². The van der Waals surface area contributed by atoms with E-state index in [0.29, 0.717) is 6.42 Å². The monoisotopic (exact) mass is 159 g/mol. The van der Waals surface area contributed by atoms with Crippen molar-refractivity contribution in [2.24, 2.45) is 0 Å². The summed E-state index contributed by atoms with van der Waals surface area (Å²) in [5.74, 6) is 0. The van der Waals surface area contributed by atoms with Crippen LogP contribution in [0, 0.1) is 11.3 Å². The van der Waals surface area contributed by atoms with E-state index in [1.807, 2.05) is 13.0 Å². The average Bonchev–Trinajstić information content (AvgIpc) is 1.41. The van der Waals surface area contributed by atoms with Crippen LogP contribution in [-0.4, -0.2) is 0 Å². The van der Waals surface area contributed by atoms with E-state index in [9.17, 15) is 0 Å². The molecule has 0 saturated heterocycles. The summed E-state index contributed by atoms with van der Waals surface area (Å²) < 4.78 is 0. The van der Waals surface area contributed by atoms with Crippen molar-refractivity contribution in [2.75, 3.05) is 0 Å². The van der Waals surface area contributed by atoms with Gasteiger partial charge < -0.3 is 0 Å². The molecule has 0 aromatic rings. The van der Waals surface area contributed by atoms with Crippen molar-refractivity contribution in [3.8, 4) is 6.07 Å². The van der Waals surface area contributed by atoms with Crippen LogP contribution in [0.4, 0.5) is 0 Å². The van der Waals surface area contributed by atoms with Crippen LogP contribution in [-0.2, 0) is 26.2 Å². The zero-order valence-corrected chi connectivity index (χ0v) is 6.32. The Balaban J connectivity index is 0. The maximum atomic E-state index is 7.82. The quantitative estimate of drug-likeness (QED) is 0.567. The number of hydrogen-bond acceptors (Lipinski definition) is 1. The Bertz CT molecular complexity index is 46.0. The van der Waals surface area contributed by atoms with Crippen molar-refractivity contribution in [3.63, 3.8) is 0 Å². The van der Waals surface area contributed by atoms with Crippen LogP contribution in [0.5, 0.6) is 0 Å². The van der Waals surface area contributed by atoms with Crippen LogP contribution in [0.15, 0.2) is 0 Å². The van der Waals surface area contributed by atoms with Gasteiger partial charge in [-0.2, -0.15) is 5.26 Å². The molecular weight excluding hydrogens is 153 g/mol. The summed E-state index contributed by atoms with van der Waals surface area (Å²) >= 11 is 0. The van der Waals surface area contributed by atoms with Crippen LogP contribution in [0.1, 0.15) is 19.8 Å².